The topological polar surface area (TPSA) is 30.9 Å². The van der Waals surface area contributed by atoms with E-state index in [1.54, 1.807) is 11.3 Å². The molecular formula is C17H24N2S. The van der Waals surface area contributed by atoms with Gasteiger partial charge < -0.3 is 10.3 Å². The van der Waals surface area contributed by atoms with E-state index in [0.717, 1.165) is 19.4 Å². The zero-order chi connectivity index (χ0) is 14.5. The molecule has 1 aliphatic rings. The molecule has 2 heterocycles. The van der Waals surface area contributed by atoms with E-state index in [2.05, 4.69) is 49.1 Å². The highest BCUT2D eigenvalue weighted by atomic mass is 32.1. The molecule has 0 bridgehead atoms. The number of nitrogens with zero attached hydrogens (tertiary/aromatic N) is 1. The minimum Gasteiger partial charge on any atom is -0.344 e. The van der Waals surface area contributed by atoms with E-state index in [1.807, 2.05) is 0 Å². The predicted molar refractivity (Wildman–Crippen MR) is 86.4 cm³/mol. The molecule has 1 atom stereocenters. The van der Waals surface area contributed by atoms with Crippen molar-refractivity contribution in [1.29, 1.82) is 0 Å². The molecule has 0 radical (unpaired) electrons. The average molecular weight is 288 g/mol. The lowest BCUT2D eigenvalue weighted by molar-refractivity contribution is 0.276. The van der Waals surface area contributed by atoms with Crippen LogP contribution in [-0.4, -0.2) is 4.57 Å². The van der Waals surface area contributed by atoms with Crippen LogP contribution >= 0.6 is 11.3 Å². The van der Waals surface area contributed by atoms with Gasteiger partial charge in [-0.05, 0) is 65.6 Å². The van der Waals surface area contributed by atoms with E-state index in [1.165, 1.54) is 28.1 Å². The molecule has 0 fully saturated rings. The fraction of sp³-hybridized carbons (Fsp3) is 0.529. The molecule has 2 aromatic rings. The Morgan fingerprint density at radius 3 is 2.75 bits per heavy atom. The number of thiophene rings is 1. The third-order valence-corrected chi connectivity index (χ3v) is 5.47. The summed E-state index contributed by atoms with van der Waals surface area (Å²) in [5.74, 6) is 0. The van der Waals surface area contributed by atoms with Crippen LogP contribution in [0.3, 0.4) is 0 Å². The van der Waals surface area contributed by atoms with Crippen molar-refractivity contribution in [3.63, 3.8) is 0 Å². The molecule has 0 aliphatic heterocycles. The lowest BCUT2D eigenvalue weighted by atomic mass is 9.74. The lowest BCUT2D eigenvalue weighted by Crippen LogP contribution is -2.30. The summed E-state index contributed by atoms with van der Waals surface area (Å²) < 4.78 is 2.48. The molecule has 0 aromatic carbocycles. The van der Waals surface area contributed by atoms with Crippen LogP contribution in [0, 0.1) is 19.3 Å². The first-order chi connectivity index (χ1) is 9.37. The summed E-state index contributed by atoms with van der Waals surface area (Å²) >= 11 is 1.79. The molecule has 1 aliphatic carbocycles. The number of rotatable bonds is 2. The Balaban J connectivity index is 2.03. The second-order valence-electron chi connectivity index (χ2n) is 7.01. The molecule has 3 heteroatoms. The van der Waals surface area contributed by atoms with Crippen LogP contribution in [0.1, 0.15) is 54.4 Å². The zero-order valence-electron chi connectivity index (χ0n) is 12.9. The van der Waals surface area contributed by atoms with Crippen molar-refractivity contribution in [3.05, 3.63) is 44.9 Å². The molecule has 2 nitrogen and oxygen atoms in total. The summed E-state index contributed by atoms with van der Waals surface area (Å²) in [4.78, 5) is 0. The fourth-order valence-electron chi connectivity index (χ4n) is 3.44. The van der Waals surface area contributed by atoms with Gasteiger partial charge in [-0.3, -0.25) is 0 Å². The van der Waals surface area contributed by atoms with Crippen LogP contribution in [0.25, 0.3) is 0 Å². The van der Waals surface area contributed by atoms with Gasteiger partial charge in [-0.15, -0.1) is 0 Å². The van der Waals surface area contributed by atoms with Crippen molar-refractivity contribution in [2.24, 2.45) is 11.1 Å². The van der Waals surface area contributed by atoms with Crippen molar-refractivity contribution < 1.29 is 0 Å². The van der Waals surface area contributed by atoms with Crippen LogP contribution < -0.4 is 5.73 Å². The van der Waals surface area contributed by atoms with E-state index in [9.17, 15) is 0 Å². The largest absolute Gasteiger partial charge is 0.344 e. The smallest absolute Gasteiger partial charge is 0.0486 e. The SMILES string of the molecule is Cc1cscc1Cn1c(C)cc2c1CC(C)(C)CC2N. The molecule has 108 valence electrons. The minimum atomic E-state index is 0.192. The van der Waals surface area contributed by atoms with Crippen molar-refractivity contribution in [1.82, 2.24) is 4.57 Å². The van der Waals surface area contributed by atoms with Gasteiger partial charge >= 0.3 is 0 Å². The Labute approximate surface area is 125 Å². The first-order valence-corrected chi connectivity index (χ1v) is 8.28. The number of fused-ring (bicyclic) bond motifs is 1. The zero-order valence-corrected chi connectivity index (χ0v) is 13.7. The summed E-state index contributed by atoms with van der Waals surface area (Å²) in [6.45, 7) is 10.1. The normalized spacial score (nSPS) is 20.9. The van der Waals surface area contributed by atoms with Gasteiger partial charge in [-0.25, -0.2) is 0 Å². The van der Waals surface area contributed by atoms with E-state index < -0.39 is 0 Å². The predicted octanol–water partition coefficient (Wildman–Crippen LogP) is 4.19. The van der Waals surface area contributed by atoms with Gasteiger partial charge in [0.25, 0.3) is 0 Å². The minimum absolute atomic E-state index is 0.192. The van der Waals surface area contributed by atoms with Gasteiger partial charge in [0.15, 0.2) is 0 Å². The van der Waals surface area contributed by atoms with E-state index in [-0.39, 0.29) is 6.04 Å². The van der Waals surface area contributed by atoms with Crippen molar-refractivity contribution >= 4 is 11.3 Å². The van der Waals surface area contributed by atoms with E-state index in [4.69, 9.17) is 5.73 Å². The molecule has 0 spiro atoms. The molecule has 0 saturated heterocycles. The Kier molecular flexibility index (Phi) is 3.30. The summed E-state index contributed by atoms with van der Waals surface area (Å²) in [5, 5.41) is 4.51. The number of hydrogen-bond acceptors (Lipinski definition) is 2. The molecule has 20 heavy (non-hydrogen) atoms. The van der Waals surface area contributed by atoms with Crippen LogP contribution in [0.2, 0.25) is 0 Å². The molecule has 2 N–H and O–H groups in total. The highest BCUT2D eigenvalue weighted by Crippen LogP contribution is 2.41. The maximum Gasteiger partial charge on any atom is 0.0486 e. The third kappa shape index (κ3) is 2.33. The van der Waals surface area contributed by atoms with Crippen molar-refractivity contribution in [2.45, 2.75) is 53.1 Å². The maximum absolute atomic E-state index is 6.40. The van der Waals surface area contributed by atoms with Crippen LogP contribution in [0.4, 0.5) is 0 Å². The molecule has 2 aromatic heterocycles. The fourth-order valence-corrected chi connectivity index (χ4v) is 4.29. The monoisotopic (exact) mass is 288 g/mol. The standard InChI is InChI=1S/C17H24N2S/c1-11-9-20-10-13(11)8-19-12(2)5-14-15(18)6-17(3,4)7-16(14)19/h5,9-10,15H,6-8,18H2,1-4H3. The molecule has 0 amide bonds. The van der Waals surface area contributed by atoms with Gasteiger partial charge in [0.05, 0.1) is 0 Å². The van der Waals surface area contributed by atoms with Crippen molar-refractivity contribution in [2.75, 3.05) is 0 Å². The quantitative estimate of drug-likeness (QED) is 0.882. The second-order valence-corrected chi connectivity index (χ2v) is 7.75. The third-order valence-electron chi connectivity index (χ3n) is 4.56. The van der Waals surface area contributed by atoms with Gasteiger partial charge in [0, 0.05) is 24.0 Å². The number of hydrogen-bond donors (Lipinski definition) is 1. The van der Waals surface area contributed by atoms with E-state index >= 15 is 0 Å². The Hall–Kier alpha value is -1.06. The first kappa shape index (κ1) is 13.9. The molecule has 0 saturated carbocycles. The lowest BCUT2D eigenvalue weighted by Gasteiger charge is -2.34. The van der Waals surface area contributed by atoms with Gasteiger partial charge in [0.2, 0.25) is 0 Å². The van der Waals surface area contributed by atoms with Gasteiger partial charge in [0.1, 0.15) is 0 Å². The second kappa shape index (κ2) is 4.74. The summed E-state index contributed by atoms with van der Waals surface area (Å²) in [6.07, 6.45) is 2.22. The average Bonchev–Trinajstić information content (AvgIpc) is 2.86. The summed E-state index contributed by atoms with van der Waals surface area (Å²) in [6, 6.07) is 2.49. The number of aromatic nitrogens is 1. The highest BCUT2D eigenvalue weighted by Gasteiger charge is 2.33. The Morgan fingerprint density at radius 1 is 1.35 bits per heavy atom. The van der Waals surface area contributed by atoms with Gasteiger partial charge in [-0.2, -0.15) is 11.3 Å². The van der Waals surface area contributed by atoms with Crippen LogP contribution in [-0.2, 0) is 13.0 Å². The van der Waals surface area contributed by atoms with Crippen molar-refractivity contribution in [3.8, 4) is 0 Å². The molecular weight excluding hydrogens is 264 g/mol. The summed E-state index contributed by atoms with van der Waals surface area (Å²) in [5.41, 5.74) is 13.7. The molecule has 1 unspecified atom stereocenters. The maximum atomic E-state index is 6.40. The van der Waals surface area contributed by atoms with Crippen LogP contribution in [0.5, 0.6) is 0 Å². The number of aryl methyl sites for hydroxylation is 2. The first-order valence-electron chi connectivity index (χ1n) is 7.33. The highest BCUT2D eigenvalue weighted by molar-refractivity contribution is 7.08. The summed E-state index contributed by atoms with van der Waals surface area (Å²) in [7, 11) is 0. The van der Waals surface area contributed by atoms with Gasteiger partial charge in [-0.1, -0.05) is 13.8 Å². The molecule has 3 rings (SSSR count). The number of nitrogens with two attached hydrogens (primary N) is 1. The Bertz CT molecular complexity index is 633. The Morgan fingerprint density at radius 2 is 2.10 bits per heavy atom. The van der Waals surface area contributed by atoms with E-state index in [0.29, 0.717) is 5.41 Å². The van der Waals surface area contributed by atoms with Crippen LogP contribution in [0.15, 0.2) is 16.8 Å².